The maximum atomic E-state index is 5.49. The van der Waals surface area contributed by atoms with E-state index in [2.05, 4.69) is 199 Å². The van der Waals surface area contributed by atoms with Crippen molar-refractivity contribution >= 4 is 43.9 Å². The lowest BCUT2D eigenvalue weighted by atomic mass is 9.70. The molecule has 2 atom stereocenters. The second-order valence-corrected chi connectivity index (χ2v) is 15.0. The van der Waals surface area contributed by atoms with Crippen LogP contribution in [0.1, 0.15) is 45.0 Å². The van der Waals surface area contributed by atoms with E-state index in [1.807, 2.05) is 0 Å². The van der Waals surface area contributed by atoms with Crippen molar-refractivity contribution in [2.24, 2.45) is 4.99 Å². The molecule has 9 aromatic carbocycles. The van der Waals surface area contributed by atoms with Crippen LogP contribution in [0.15, 0.2) is 199 Å². The van der Waals surface area contributed by atoms with Crippen LogP contribution in [0.4, 0.5) is 0 Å². The minimum absolute atomic E-state index is 0.128. The highest BCUT2D eigenvalue weighted by molar-refractivity contribution is 6.26. The Morgan fingerprint density at radius 3 is 1.64 bits per heavy atom. The molecule has 1 spiro atoms. The quantitative estimate of drug-likeness (QED) is 0.183. The average Bonchev–Trinajstić information content (AvgIpc) is 3.73. The summed E-state index contributed by atoms with van der Waals surface area (Å²) in [7, 11) is 0. The van der Waals surface area contributed by atoms with E-state index in [9.17, 15) is 0 Å². The zero-order chi connectivity index (χ0) is 36.1. The summed E-state index contributed by atoms with van der Waals surface area (Å²) in [6.07, 6.45) is 2.26. The second kappa shape index (κ2) is 11.5. The van der Waals surface area contributed by atoms with Gasteiger partial charge < -0.3 is 5.32 Å². The van der Waals surface area contributed by atoms with Gasteiger partial charge in [0.25, 0.3) is 0 Å². The summed E-state index contributed by atoms with van der Waals surface area (Å²) >= 11 is 0. The molecule has 1 heterocycles. The van der Waals surface area contributed by atoms with E-state index in [0.29, 0.717) is 0 Å². The van der Waals surface area contributed by atoms with Crippen LogP contribution >= 0.6 is 0 Å². The van der Waals surface area contributed by atoms with E-state index in [-0.39, 0.29) is 6.04 Å². The van der Waals surface area contributed by atoms with Gasteiger partial charge in [0.15, 0.2) is 0 Å². The molecule has 1 aliphatic heterocycles. The lowest BCUT2D eigenvalue weighted by Gasteiger charge is -2.31. The number of nitrogens with zero attached hydrogens (tertiary/aromatic N) is 1. The van der Waals surface area contributed by atoms with Crippen LogP contribution in [0.3, 0.4) is 0 Å². The molecule has 12 rings (SSSR count). The van der Waals surface area contributed by atoms with Gasteiger partial charge in [-0.25, -0.2) is 0 Å². The molecule has 2 unspecified atom stereocenters. The van der Waals surface area contributed by atoms with Crippen LogP contribution < -0.4 is 5.32 Å². The molecule has 2 heteroatoms. The Kier molecular flexibility index (Phi) is 6.35. The van der Waals surface area contributed by atoms with E-state index in [0.717, 1.165) is 22.7 Å². The molecule has 0 radical (unpaired) electrons. The van der Waals surface area contributed by atoms with Gasteiger partial charge in [-0.15, -0.1) is 0 Å². The summed E-state index contributed by atoms with van der Waals surface area (Å²) in [4.78, 5) is 5.49. The zero-order valence-corrected chi connectivity index (χ0v) is 30.0. The minimum Gasteiger partial charge on any atom is -0.340 e. The first-order valence-electron chi connectivity index (χ1n) is 19.2. The molecule has 0 saturated carbocycles. The Morgan fingerprint density at radius 2 is 0.927 bits per heavy atom. The standard InChI is InChI=1S/C53H34N2/c1-3-16-33(17-4-1)49-32-50(34-18-5-2-6-19-34)55-52(54-49)41-26-15-29-47-51(41)40-25-12-14-28-46(40)53(47)45-27-13-11-24-39(45)44-30-42-37-22-9-7-20-35(37)36-21-8-10-23-38(36)43(42)31-48(44)53/h1-32,49H,(H,54,55). The highest BCUT2D eigenvalue weighted by Gasteiger charge is 2.52. The fourth-order valence-corrected chi connectivity index (χ4v) is 10.1. The normalized spacial score (nSPS) is 17.7. The Bertz CT molecular complexity index is 3120. The molecule has 256 valence electrons. The Labute approximate surface area is 319 Å². The summed E-state index contributed by atoms with van der Waals surface area (Å²) < 4.78 is 0. The van der Waals surface area contributed by atoms with Gasteiger partial charge in [0.2, 0.25) is 0 Å². The maximum absolute atomic E-state index is 5.49. The summed E-state index contributed by atoms with van der Waals surface area (Å²) in [5.41, 5.74) is 14.4. The molecule has 0 amide bonds. The third-order valence-electron chi connectivity index (χ3n) is 12.3. The van der Waals surface area contributed by atoms with E-state index in [1.54, 1.807) is 0 Å². The summed E-state index contributed by atoms with van der Waals surface area (Å²) in [5, 5.41) is 11.6. The third kappa shape index (κ3) is 4.17. The summed E-state index contributed by atoms with van der Waals surface area (Å²) in [6.45, 7) is 0. The average molecular weight is 699 g/mol. The van der Waals surface area contributed by atoms with Crippen molar-refractivity contribution in [2.45, 2.75) is 11.5 Å². The van der Waals surface area contributed by atoms with Crippen LogP contribution in [0.2, 0.25) is 0 Å². The maximum Gasteiger partial charge on any atom is 0.134 e. The molecule has 0 bridgehead atoms. The smallest absolute Gasteiger partial charge is 0.134 e. The van der Waals surface area contributed by atoms with Crippen molar-refractivity contribution in [1.82, 2.24) is 5.32 Å². The van der Waals surface area contributed by atoms with E-state index < -0.39 is 5.41 Å². The third-order valence-corrected chi connectivity index (χ3v) is 12.3. The number of amidine groups is 1. The van der Waals surface area contributed by atoms with Crippen molar-refractivity contribution in [3.05, 3.63) is 233 Å². The molecule has 55 heavy (non-hydrogen) atoms. The Balaban J connectivity index is 1.16. The lowest BCUT2D eigenvalue weighted by Crippen LogP contribution is -2.29. The van der Waals surface area contributed by atoms with Gasteiger partial charge in [-0.3, -0.25) is 4.99 Å². The van der Waals surface area contributed by atoms with Gasteiger partial charge in [0.05, 0.1) is 11.5 Å². The van der Waals surface area contributed by atoms with Gasteiger partial charge in [-0.1, -0.05) is 176 Å². The predicted octanol–water partition coefficient (Wildman–Crippen LogP) is 12.6. The number of nitrogens with one attached hydrogen (secondary N) is 1. The number of hydrogen-bond acceptors (Lipinski definition) is 2. The van der Waals surface area contributed by atoms with Crippen molar-refractivity contribution in [1.29, 1.82) is 0 Å². The zero-order valence-electron chi connectivity index (χ0n) is 30.0. The first-order valence-corrected chi connectivity index (χ1v) is 19.2. The summed E-state index contributed by atoms with van der Waals surface area (Å²) in [6, 6.07) is 69.1. The van der Waals surface area contributed by atoms with Crippen molar-refractivity contribution in [3.63, 3.8) is 0 Å². The van der Waals surface area contributed by atoms with Gasteiger partial charge in [0.1, 0.15) is 5.84 Å². The van der Waals surface area contributed by atoms with Gasteiger partial charge in [-0.2, -0.15) is 0 Å². The highest BCUT2D eigenvalue weighted by atomic mass is 15.0. The van der Waals surface area contributed by atoms with Crippen LogP contribution in [-0.4, -0.2) is 5.84 Å². The van der Waals surface area contributed by atoms with E-state index in [1.165, 1.54) is 82.4 Å². The molecule has 0 saturated heterocycles. The van der Waals surface area contributed by atoms with Crippen molar-refractivity contribution < 1.29 is 0 Å². The highest BCUT2D eigenvalue weighted by Crippen LogP contribution is 2.64. The summed E-state index contributed by atoms with van der Waals surface area (Å²) in [5.74, 6) is 0.890. The fourth-order valence-electron chi connectivity index (χ4n) is 10.1. The fraction of sp³-hybridized carbons (Fsp3) is 0.0377. The van der Waals surface area contributed by atoms with Crippen LogP contribution in [0.25, 0.3) is 60.3 Å². The topological polar surface area (TPSA) is 24.4 Å². The predicted molar refractivity (Wildman–Crippen MR) is 229 cm³/mol. The van der Waals surface area contributed by atoms with Crippen LogP contribution in [-0.2, 0) is 5.41 Å². The second-order valence-electron chi connectivity index (χ2n) is 15.0. The Hall–Kier alpha value is -7.03. The number of aliphatic imine (C=N–C) groups is 1. The number of fused-ring (bicyclic) bond motifs is 16. The molecule has 2 aliphatic carbocycles. The minimum atomic E-state index is -0.499. The molecule has 0 aromatic heterocycles. The van der Waals surface area contributed by atoms with Crippen molar-refractivity contribution in [2.75, 3.05) is 0 Å². The van der Waals surface area contributed by atoms with Gasteiger partial charge in [-0.05, 0) is 106 Å². The van der Waals surface area contributed by atoms with E-state index in [4.69, 9.17) is 4.99 Å². The largest absolute Gasteiger partial charge is 0.340 e. The molecule has 2 nitrogen and oxygen atoms in total. The molecule has 0 fully saturated rings. The SMILES string of the molecule is C1=C(c2ccccc2)NC(c2cccc3c2-c2ccccc2C32c3ccccc3-c3cc4c5ccccc5c5ccccc5c4cc32)=NC1c1ccccc1. The molecule has 3 aliphatic rings. The molecular weight excluding hydrogens is 665 g/mol. The first-order chi connectivity index (χ1) is 27.3. The molecule has 1 N–H and O–H groups in total. The number of benzene rings is 9. The number of rotatable bonds is 3. The first kappa shape index (κ1) is 30.4. The van der Waals surface area contributed by atoms with Crippen LogP contribution in [0, 0.1) is 0 Å². The monoisotopic (exact) mass is 698 g/mol. The molecular formula is C53H34N2. The lowest BCUT2D eigenvalue weighted by molar-refractivity contribution is 0.795. The van der Waals surface area contributed by atoms with E-state index >= 15 is 0 Å². The van der Waals surface area contributed by atoms with Gasteiger partial charge in [0, 0.05) is 11.3 Å². The molecule has 9 aromatic rings. The number of hydrogen-bond donors (Lipinski definition) is 1. The van der Waals surface area contributed by atoms with Crippen molar-refractivity contribution in [3.8, 4) is 22.3 Å². The van der Waals surface area contributed by atoms with Gasteiger partial charge >= 0.3 is 0 Å². The van der Waals surface area contributed by atoms with Crippen LogP contribution in [0.5, 0.6) is 0 Å². The Morgan fingerprint density at radius 1 is 0.400 bits per heavy atom.